The Morgan fingerprint density at radius 2 is 1.71 bits per heavy atom. The van der Waals surface area contributed by atoms with E-state index in [1.807, 2.05) is 12.1 Å². The first-order valence-electron chi connectivity index (χ1n) is 7.23. The predicted octanol–water partition coefficient (Wildman–Crippen LogP) is 2.91. The lowest BCUT2D eigenvalue weighted by Crippen LogP contribution is -2.40. The van der Waals surface area contributed by atoms with E-state index in [9.17, 15) is 15.0 Å². The van der Waals surface area contributed by atoms with Gasteiger partial charge in [-0.2, -0.15) is 0 Å². The summed E-state index contributed by atoms with van der Waals surface area (Å²) >= 11 is 0. The van der Waals surface area contributed by atoms with Gasteiger partial charge in [-0.25, -0.2) is 0 Å². The lowest BCUT2D eigenvalue weighted by Gasteiger charge is -2.30. The van der Waals surface area contributed by atoms with E-state index in [-0.39, 0.29) is 0 Å². The van der Waals surface area contributed by atoms with E-state index < -0.39 is 23.4 Å². The molecule has 112 valence electrons. The molecule has 3 atom stereocenters. The van der Waals surface area contributed by atoms with Gasteiger partial charge in [-0.05, 0) is 24.0 Å². The van der Waals surface area contributed by atoms with Crippen molar-refractivity contribution in [1.29, 1.82) is 0 Å². The number of hydrogen-bond donors (Lipinski definition) is 2. The van der Waals surface area contributed by atoms with Crippen molar-refractivity contribution in [3.8, 4) is 0 Å². The van der Waals surface area contributed by atoms with Gasteiger partial charge in [0.2, 0.25) is 0 Å². The zero-order valence-electron chi connectivity index (χ0n) is 12.7. The van der Waals surface area contributed by atoms with Crippen LogP contribution in [0.4, 0.5) is 0 Å². The van der Waals surface area contributed by atoms with Crippen LogP contribution in [0.25, 0.3) is 0 Å². The summed E-state index contributed by atoms with van der Waals surface area (Å²) in [5, 5.41) is 20.5. The highest BCUT2D eigenvalue weighted by atomic mass is 16.3. The van der Waals surface area contributed by atoms with Crippen molar-refractivity contribution in [2.45, 2.75) is 38.4 Å². The molecule has 0 saturated carbocycles. The fraction of sp³-hybridized carbons (Fsp3) is 0.389. The molecule has 0 saturated heterocycles. The SMILES string of the molecule is CC(C)c1ccc(C(O)C(=O)C2C=CC=CC2(C)O)cc1. The summed E-state index contributed by atoms with van der Waals surface area (Å²) in [4.78, 5) is 12.4. The maximum absolute atomic E-state index is 12.4. The first-order valence-corrected chi connectivity index (χ1v) is 7.23. The number of carbonyl (C=O) groups excluding carboxylic acids is 1. The molecule has 1 aliphatic rings. The number of aliphatic hydroxyl groups excluding tert-OH is 1. The number of hydrogen-bond acceptors (Lipinski definition) is 3. The topological polar surface area (TPSA) is 57.5 Å². The van der Waals surface area contributed by atoms with Crippen LogP contribution in [-0.2, 0) is 4.79 Å². The fourth-order valence-corrected chi connectivity index (χ4v) is 2.50. The van der Waals surface area contributed by atoms with Crippen molar-refractivity contribution in [2.24, 2.45) is 5.92 Å². The minimum absolute atomic E-state index is 0.391. The number of benzene rings is 1. The van der Waals surface area contributed by atoms with Gasteiger partial charge in [-0.3, -0.25) is 4.79 Å². The molecule has 0 spiro atoms. The van der Waals surface area contributed by atoms with Crippen LogP contribution in [0.1, 0.15) is 43.9 Å². The molecule has 1 aliphatic carbocycles. The van der Waals surface area contributed by atoms with Crippen LogP contribution in [0.15, 0.2) is 48.6 Å². The Morgan fingerprint density at radius 3 is 2.24 bits per heavy atom. The number of carbonyl (C=O) groups is 1. The molecule has 0 aliphatic heterocycles. The minimum atomic E-state index is -1.26. The van der Waals surface area contributed by atoms with Crippen molar-refractivity contribution in [1.82, 2.24) is 0 Å². The summed E-state index contributed by atoms with van der Waals surface area (Å²) in [5.41, 5.74) is 0.457. The van der Waals surface area contributed by atoms with Gasteiger partial charge in [0.15, 0.2) is 5.78 Å². The van der Waals surface area contributed by atoms with Crippen LogP contribution in [0, 0.1) is 5.92 Å². The molecule has 2 rings (SSSR count). The van der Waals surface area contributed by atoms with E-state index >= 15 is 0 Å². The molecule has 3 heteroatoms. The summed E-state index contributed by atoms with van der Waals surface area (Å²) in [5.74, 6) is -0.723. The normalized spacial score (nSPS) is 26.1. The highest BCUT2D eigenvalue weighted by molar-refractivity contribution is 5.89. The Balaban J connectivity index is 2.19. The van der Waals surface area contributed by atoms with E-state index in [0.29, 0.717) is 11.5 Å². The van der Waals surface area contributed by atoms with E-state index in [4.69, 9.17) is 0 Å². The molecule has 1 aromatic carbocycles. The quantitative estimate of drug-likeness (QED) is 0.894. The maximum atomic E-state index is 12.4. The van der Waals surface area contributed by atoms with Crippen molar-refractivity contribution in [2.75, 3.05) is 0 Å². The molecule has 0 bridgehead atoms. The minimum Gasteiger partial charge on any atom is -0.385 e. The van der Waals surface area contributed by atoms with Crippen LogP contribution >= 0.6 is 0 Å². The van der Waals surface area contributed by atoms with E-state index in [0.717, 1.165) is 5.56 Å². The maximum Gasteiger partial charge on any atom is 0.175 e. The molecule has 3 unspecified atom stereocenters. The zero-order valence-corrected chi connectivity index (χ0v) is 12.7. The summed E-state index contributed by atoms with van der Waals surface area (Å²) in [7, 11) is 0. The number of aliphatic hydroxyl groups is 2. The number of ketones is 1. The third-order valence-corrected chi connectivity index (χ3v) is 3.97. The lowest BCUT2D eigenvalue weighted by atomic mass is 9.79. The molecule has 0 amide bonds. The summed E-state index contributed by atoms with van der Waals surface area (Å²) in [6.07, 6.45) is 5.40. The first kappa shape index (κ1) is 15.7. The van der Waals surface area contributed by atoms with Gasteiger partial charge < -0.3 is 10.2 Å². The Bertz CT molecular complexity index is 565. The van der Waals surface area contributed by atoms with Crippen molar-refractivity contribution >= 4 is 5.78 Å². The number of Topliss-reactive ketones (excluding diaryl/α,β-unsaturated/α-hetero) is 1. The zero-order chi connectivity index (χ0) is 15.6. The Morgan fingerprint density at radius 1 is 1.14 bits per heavy atom. The molecule has 0 radical (unpaired) electrons. The first-order chi connectivity index (χ1) is 9.83. The third kappa shape index (κ3) is 3.31. The Hall–Kier alpha value is -1.71. The molecule has 0 heterocycles. The predicted molar refractivity (Wildman–Crippen MR) is 82.9 cm³/mol. The molecule has 21 heavy (non-hydrogen) atoms. The third-order valence-electron chi connectivity index (χ3n) is 3.97. The highest BCUT2D eigenvalue weighted by Gasteiger charge is 2.37. The smallest absolute Gasteiger partial charge is 0.175 e. The van der Waals surface area contributed by atoms with Crippen LogP contribution in [0.3, 0.4) is 0 Å². The summed E-state index contributed by atoms with van der Waals surface area (Å²) in [6, 6.07) is 7.39. The molecule has 0 aromatic heterocycles. The van der Waals surface area contributed by atoms with Gasteiger partial charge in [0.05, 0.1) is 11.5 Å². The van der Waals surface area contributed by atoms with Gasteiger partial charge in [0, 0.05) is 0 Å². The molecular weight excluding hydrogens is 264 g/mol. The summed E-state index contributed by atoms with van der Waals surface area (Å²) in [6.45, 7) is 5.75. The van der Waals surface area contributed by atoms with Crippen molar-refractivity contribution in [3.05, 3.63) is 59.7 Å². The number of allylic oxidation sites excluding steroid dienone is 2. The molecule has 0 fully saturated rings. The van der Waals surface area contributed by atoms with E-state index in [2.05, 4.69) is 13.8 Å². The Kier molecular flexibility index (Phi) is 4.45. The fourth-order valence-electron chi connectivity index (χ4n) is 2.50. The van der Waals surface area contributed by atoms with Crippen LogP contribution in [-0.4, -0.2) is 21.6 Å². The second kappa shape index (κ2) is 5.96. The van der Waals surface area contributed by atoms with Gasteiger partial charge in [-0.1, -0.05) is 62.4 Å². The van der Waals surface area contributed by atoms with Crippen LogP contribution < -0.4 is 0 Å². The van der Waals surface area contributed by atoms with Gasteiger partial charge in [-0.15, -0.1) is 0 Å². The van der Waals surface area contributed by atoms with Gasteiger partial charge in [0.25, 0.3) is 0 Å². The molecule has 3 nitrogen and oxygen atoms in total. The molecular formula is C18H22O3. The second-order valence-corrected chi connectivity index (χ2v) is 6.07. The van der Waals surface area contributed by atoms with Crippen molar-refractivity contribution < 1.29 is 15.0 Å². The average Bonchev–Trinajstić information content (AvgIpc) is 2.45. The monoisotopic (exact) mass is 286 g/mol. The second-order valence-electron chi connectivity index (χ2n) is 6.07. The van der Waals surface area contributed by atoms with Gasteiger partial charge in [0.1, 0.15) is 6.10 Å². The molecule has 1 aromatic rings. The largest absolute Gasteiger partial charge is 0.385 e. The van der Waals surface area contributed by atoms with Crippen LogP contribution in [0.2, 0.25) is 0 Å². The average molecular weight is 286 g/mol. The lowest BCUT2D eigenvalue weighted by molar-refractivity contribution is -0.135. The van der Waals surface area contributed by atoms with Crippen LogP contribution in [0.5, 0.6) is 0 Å². The van der Waals surface area contributed by atoms with Gasteiger partial charge >= 0.3 is 0 Å². The standard InChI is InChI=1S/C18H22O3/c1-12(2)13-7-9-14(10-8-13)16(19)17(20)15-6-4-5-11-18(15,3)21/h4-12,15-16,19,21H,1-3H3. The Labute approximate surface area is 125 Å². The molecule has 2 N–H and O–H groups in total. The number of rotatable bonds is 4. The van der Waals surface area contributed by atoms with Crippen molar-refractivity contribution in [3.63, 3.8) is 0 Å². The van der Waals surface area contributed by atoms with E-state index in [1.165, 1.54) is 0 Å². The summed E-state index contributed by atoms with van der Waals surface area (Å²) < 4.78 is 0. The van der Waals surface area contributed by atoms with E-state index in [1.54, 1.807) is 43.4 Å². The highest BCUT2D eigenvalue weighted by Crippen LogP contribution is 2.30.